The molecule has 0 unspecified atom stereocenters. The summed E-state index contributed by atoms with van der Waals surface area (Å²) in [4.78, 5) is 11.0. The molecule has 1 aromatic carbocycles. The highest BCUT2D eigenvalue weighted by Gasteiger charge is 2.23. The lowest BCUT2D eigenvalue weighted by Crippen LogP contribution is -2.03. The van der Waals surface area contributed by atoms with E-state index in [2.05, 4.69) is 63.7 Å². The van der Waals surface area contributed by atoms with Crippen LogP contribution in [0.4, 0.5) is 0 Å². The Hall–Kier alpha value is 0.1000. The molecule has 0 fully saturated rings. The van der Waals surface area contributed by atoms with E-state index in [1.165, 1.54) is 0 Å². The number of benzene rings is 1. The number of hydrogen-bond acceptors (Lipinski definition) is 2. The zero-order valence-corrected chi connectivity index (χ0v) is 13.2. The largest absolute Gasteiger partial charge is 0.478 e. The molecular formula is C8HBr4NO2. The van der Waals surface area contributed by atoms with Crippen molar-refractivity contribution in [2.24, 2.45) is 0 Å². The molecule has 0 amide bonds. The molecule has 0 aromatic heterocycles. The minimum atomic E-state index is -1.16. The van der Waals surface area contributed by atoms with Gasteiger partial charge >= 0.3 is 5.97 Å². The number of rotatable bonds is 1. The molecule has 78 valence electrons. The number of hydrogen-bond donors (Lipinski definition) is 1. The van der Waals surface area contributed by atoms with E-state index in [0.29, 0.717) is 17.9 Å². The molecule has 3 nitrogen and oxygen atoms in total. The molecule has 1 aromatic rings. The first-order valence-electron chi connectivity index (χ1n) is 3.41. The van der Waals surface area contributed by atoms with Gasteiger partial charge in [-0.25, -0.2) is 4.79 Å². The van der Waals surface area contributed by atoms with Crippen LogP contribution < -0.4 is 0 Å². The number of nitrogens with zero attached hydrogens (tertiary/aromatic N) is 1. The first kappa shape index (κ1) is 13.2. The van der Waals surface area contributed by atoms with Crippen molar-refractivity contribution in [2.75, 3.05) is 0 Å². The molecule has 0 heterocycles. The minimum absolute atomic E-state index is 0.0700. The molecule has 7 heteroatoms. The Labute approximate surface area is 119 Å². The maximum Gasteiger partial charge on any atom is 0.338 e. The normalized spacial score (nSPS) is 9.80. The lowest BCUT2D eigenvalue weighted by Gasteiger charge is -2.09. The van der Waals surface area contributed by atoms with Crippen LogP contribution in [0.3, 0.4) is 0 Å². The van der Waals surface area contributed by atoms with Crippen LogP contribution in [-0.4, -0.2) is 11.1 Å². The van der Waals surface area contributed by atoms with Crippen molar-refractivity contribution < 1.29 is 9.90 Å². The lowest BCUT2D eigenvalue weighted by atomic mass is 10.1. The topological polar surface area (TPSA) is 61.1 Å². The van der Waals surface area contributed by atoms with Gasteiger partial charge in [0.15, 0.2) is 0 Å². The van der Waals surface area contributed by atoms with Crippen LogP contribution in [0.1, 0.15) is 15.9 Å². The predicted octanol–water partition coefficient (Wildman–Crippen LogP) is 4.31. The number of carbonyl (C=O) groups is 1. The van der Waals surface area contributed by atoms with E-state index in [-0.39, 0.29) is 11.1 Å². The van der Waals surface area contributed by atoms with E-state index in [4.69, 9.17) is 10.4 Å². The lowest BCUT2D eigenvalue weighted by molar-refractivity contribution is 0.0695. The molecule has 0 aliphatic heterocycles. The van der Waals surface area contributed by atoms with E-state index in [0.717, 1.165) is 0 Å². The summed E-state index contributed by atoms with van der Waals surface area (Å²) in [5.41, 5.74) is 0.00361. The third kappa shape index (κ3) is 2.28. The fourth-order valence-corrected chi connectivity index (χ4v) is 3.31. The predicted molar refractivity (Wildman–Crippen MR) is 68.9 cm³/mol. The van der Waals surface area contributed by atoms with Gasteiger partial charge in [-0.15, -0.1) is 0 Å². The molecule has 1 rings (SSSR count). The number of halogens is 4. The second kappa shape index (κ2) is 4.95. The van der Waals surface area contributed by atoms with Crippen LogP contribution in [0.2, 0.25) is 0 Å². The first-order valence-corrected chi connectivity index (χ1v) is 6.58. The Morgan fingerprint density at radius 1 is 1.07 bits per heavy atom. The highest BCUT2D eigenvalue weighted by molar-refractivity contribution is 9.15. The smallest absolute Gasteiger partial charge is 0.338 e. The Morgan fingerprint density at radius 2 is 1.53 bits per heavy atom. The van der Waals surface area contributed by atoms with Gasteiger partial charge in [0.05, 0.1) is 15.6 Å². The first-order chi connectivity index (χ1) is 6.91. The van der Waals surface area contributed by atoms with E-state index in [1.807, 2.05) is 6.07 Å². The average Bonchev–Trinajstić information content (AvgIpc) is 2.19. The average molecular weight is 463 g/mol. The van der Waals surface area contributed by atoms with E-state index < -0.39 is 5.97 Å². The van der Waals surface area contributed by atoms with Crippen molar-refractivity contribution >= 4 is 69.7 Å². The summed E-state index contributed by atoms with van der Waals surface area (Å²) in [6.45, 7) is 0. The van der Waals surface area contributed by atoms with Crippen LogP contribution >= 0.6 is 63.7 Å². The van der Waals surface area contributed by atoms with Gasteiger partial charge in [-0.05, 0) is 63.7 Å². The summed E-state index contributed by atoms with van der Waals surface area (Å²) < 4.78 is 1.89. The SMILES string of the molecule is N#Cc1c(Br)c(Br)c(Br)c(Br)c1C(=O)O. The van der Waals surface area contributed by atoms with Crippen molar-refractivity contribution in [1.29, 1.82) is 5.26 Å². The van der Waals surface area contributed by atoms with Gasteiger partial charge in [0, 0.05) is 13.4 Å². The molecule has 0 atom stereocenters. The summed E-state index contributed by atoms with van der Waals surface area (Å²) >= 11 is 12.7. The van der Waals surface area contributed by atoms with Crippen molar-refractivity contribution in [3.05, 3.63) is 29.0 Å². The second-order valence-electron chi connectivity index (χ2n) is 2.42. The maximum absolute atomic E-state index is 11.0. The van der Waals surface area contributed by atoms with Crippen molar-refractivity contribution in [3.63, 3.8) is 0 Å². The van der Waals surface area contributed by atoms with Gasteiger partial charge in [0.25, 0.3) is 0 Å². The van der Waals surface area contributed by atoms with Gasteiger partial charge in [-0.1, -0.05) is 0 Å². The Morgan fingerprint density at radius 3 is 1.93 bits per heavy atom. The molecule has 1 N–H and O–H groups in total. The minimum Gasteiger partial charge on any atom is -0.478 e. The number of carboxylic acids is 1. The molecule has 0 radical (unpaired) electrons. The van der Waals surface area contributed by atoms with Gasteiger partial charge in [-0.2, -0.15) is 5.26 Å². The zero-order valence-electron chi connectivity index (χ0n) is 6.81. The third-order valence-corrected chi connectivity index (χ3v) is 6.36. The van der Waals surface area contributed by atoms with E-state index in [1.54, 1.807) is 0 Å². The monoisotopic (exact) mass is 459 g/mol. The molecule has 0 spiro atoms. The van der Waals surface area contributed by atoms with E-state index >= 15 is 0 Å². The number of aromatic carboxylic acids is 1. The fraction of sp³-hybridized carbons (Fsp3) is 0. The fourth-order valence-electron chi connectivity index (χ4n) is 0.937. The second-order valence-corrected chi connectivity index (χ2v) is 5.59. The van der Waals surface area contributed by atoms with Gasteiger partial charge < -0.3 is 5.11 Å². The number of nitriles is 1. The van der Waals surface area contributed by atoms with Gasteiger partial charge in [0.1, 0.15) is 6.07 Å². The maximum atomic E-state index is 11.0. The molecule has 0 saturated heterocycles. The Balaban J connectivity index is 3.80. The zero-order chi connectivity index (χ0) is 11.7. The van der Waals surface area contributed by atoms with Crippen molar-refractivity contribution in [2.45, 2.75) is 0 Å². The molecule has 0 bridgehead atoms. The summed E-state index contributed by atoms with van der Waals surface area (Å²) in [6, 6.07) is 1.85. The summed E-state index contributed by atoms with van der Waals surface area (Å²) in [5.74, 6) is -1.16. The standard InChI is InChI=1S/C8HBr4NO2/c9-4-2(1-13)3(8(14)15)5(10)7(12)6(4)11/h(H,14,15). The van der Waals surface area contributed by atoms with Crippen molar-refractivity contribution in [1.82, 2.24) is 0 Å². The highest BCUT2D eigenvalue weighted by atomic mass is 79.9. The van der Waals surface area contributed by atoms with Crippen LogP contribution in [0.15, 0.2) is 17.9 Å². The van der Waals surface area contributed by atoms with Crippen LogP contribution in [0.25, 0.3) is 0 Å². The van der Waals surface area contributed by atoms with Crippen molar-refractivity contribution in [3.8, 4) is 6.07 Å². The highest BCUT2D eigenvalue weighted by Crippen LogP contribution is 2.41. The Kier molecular flexibility index (Phi) is 4.35. The molecular weight excluding hydrogens is 462 g/mol. The molecule has 15 heavy (non-hydrogen) atoms. The van der Waals surface area contributed by atoms with E-state index in [9.17, 15) is 4.79 Å². The third-order valence-electron chi connectivity index (χ3n) is 1.59. The quantitative estimate of drug-likeness (QED) is 0.500. The Bertz CT molecular complexity index is 493. The molecule has 0 aliphatic rings. The number of carboxylic acid groups (broad SMARTS) is 1. The summed E-state index contributed by atoms with van der Waals surface area (Å²) in [6.07, 6.45) is 0. The summed E-state index contributed by atoms with van der Waals surface area (Å²) in [7, 11) is 0. The van der Waals surface area contributed by atoms with Crippen LogP contribution in [0, 0.1) is 11.3 Å². The van der Waals surface area contributed by atoms with Gasteiger partial charge in [0.2, 0.25) is 0 Å². The summed E-state index contributed by atoms with van der Waals surface area (Å²) in [5, 5.41) is 17.9. The molecule has 0 aliphatic carbocycles. The van der Waals surface area contributed by atoms with Crippen LogP contribution in [-0.2, 0) is 0 Å². The molecule has 0 saturated carbocycles. The van der Waals surface area contributed by atoms with Gasteiger partial charge in [-0.3, -0.25) is 0 Å². The van der Waals surface area contributed by atoms with Crippen LogP contribution in [0.5, 0.6) is 0 Å².